The van der Waals surface area contributed by atoms with Crippen molar-refractivity contribution in [2.75, 3.05) is 6.61 Å². The Morgan fingerprint density at radius 3 is 2.65 bits per heavy atom. The van der Waals surface area contributed by atoms with Crippen LogP contribution < -0.4 is 0 Å². The highest BCUT2D eigenvalue weighted by Crippen LogP contribution is 2.69. The fraction of sp³-hybridized carbons (Fsp3) is 0.850. The van der Waals surface area contributed by atoms with Crippen molar-refractivity contribution in [2.45, 2.75) is 64.9 Å². The smallest absolute Gasteiger partial charge is 0.147 e. The second-order valence-electron chi connectivity index (χ2n) is 9.78. The Balaban J connectivity index is 1.82. The number of aliphatic hydroxyl groups excluding tert-OH is 1. The summed E-state index contributed by atoms with van der Waals surface area (Å²) in [7, 11) is 0. The summed E-state index contributed by atoms with van der Waals surface area (Å²) < 4.78 is 0. The first-order valence-electron chi connectivity index (χ1n) is 9.25. The van der Waals surface area contributed by atoms with E-state index in [4.69, 9.17) is 0 Å². The largest absolute Gasteiger partial charge is 0.393 e. The quantitative estimate of drug-likeness (QED) is 0.731. The maximum absolute atomic E-state index is 13.3. The van der Waals surface area contributed by atoms with Crippen molar-refractivity contribution in [3.8, 4) is 0 Å². The van der Waals surface area contributed by atoms with Crippen molar-refractivity contribution in [3.05, 3.63) is 12.2 Å². The Morgan fingerprint density at radius 2 is 1.96 bits per heavy atom. The van der Waals surface area contributed by atoms with Crippen LogP contribution in [0.2, 0.25) is 0 Å². The molecule has 2 bridgehead atoms. The van der Waals surface area contributed by atoms with Crippen LogP contribution >= 0.6 is 0 Å². The van der Waals surface area contributed by atoms with Gasteiger partial charge in [-0.25, -0.2) is 0 Å². The molecule has 3 nitrogen and oxygen atoms in total. The second-order valence-corrected chi connectivity index (χ2v) is 9.78. The molecule has 0 aromatic heterocycles. The Bertz CT molecular complexity index is 579. The molecule has 2 N–H and O–H groups in total. The molecule has 5 aliphatic carbocycles. The highest BCUT2D eigenvalue weighted by Gasteiger charge is 2.68. The first-order valence-corrected chi connectivity index (χ1v) is 9.25. The van der Waals surface area contributed by atoms with Crippen LogP contribution in [0.1, 0.15) is 59.3 Å². The summed E-state index contributed by atoms with van der Waals surface area (Å²) in [4.78, 5) is 13.3. The SMILES string of the molecule is CC1(C)CCC[C@]2(C)[C@@H]1CC[C@@]13C=C[C@@H](C(=O)[C@H]12)[C@](O)(CO)C3. The van der Waals surface area contributed by atoms with E-state index < -0.39 is 11.5 Å². The lowest BCUT2D eigenvalue weighted by molar-refractivity contribution is -0.198. The zero-order valence-corrected chi connectivity index (χ0v) is 14.6. The molecule has 0 aliphatic heterocycles. The van der Waals surface area contributed by atoms with Crippen LogP contribution in [0.15, 0.2) is 12.2 Å². The Hall–Kier alpha value is -0.670. The molecule has 0 aromatic rings. The summed E-state index contributed by atoms with van der Waals surface area (Å²) in [6, 6.07) is 0. The predicted molar refractivity (Wildman–Crippen MR) is 88.7 cm³/mol. The molecule has 0 aromatic carbocycles. The maximum atomic E-state index is 13.3. The van der Waals surface area contributed by atoms with Crippen molar-refractivity contribution in [2.24, 2.45) is 34.0 Å². The summed E-state index contributed by atoms with van der Waals surface area (Å²) in [5, 5.41) is 20.6. The second kappa shape index (κ2) is 4.49. The molecule has 23 heavy (non-hydrogen) atoms. The van der Waals surface area contributed by atoms with Crippen molar-refractivity contribution < 1.29 is 15.0 Å². The van der Waals surface area contributed by atoms with Gasteiger partial charge in [-0.15, -0.1) is 0 Å². The van der Waals surface area contributed by atoms with E-state index in [-0.39, 0.29) is 29.1 Å². The molecule has 0 radical (unpaired) electrons. The summed E-state index contributed by atoms with van der Waals surface area (Å²) in [5.74, 6) is 0.286. The number of hydrogen-bond acceptors (Lipinski definition) is 3. The van der Waals surface area contributed by atoms with Crippen molar-refractivity contribution in [1.29, 1.82) is 0 Å². The Labute approximate surface area is 139 Å². The highest BCUT2D eigenvalue weighted by atomic mass is 16.3. The van der Waals surface area contributed by atoms with Gasteiger partial charge in [0.05, 0.1) is 12.5 Å². The summed E-state index contributed by atoms with van der Waals surface area (Å²) in [6.07, 6.45) is 10.4. The number of carbonyl (C=O) groups excluding carboxylic acids is 1. The summed E-state index contributed by atoms with van der Waals surface area (Å²) in [6.45, 7) is 6.78. The minimum atomic E-state index is -1.24. The first kappa shape index (κ1) is 15.8. The third-order valence-electron chi connectivity index (χ3n) is 8.11. The monoisotopic (exact) mass is 318 g/mol. The van der Waals surface area contributed by atoms with Crippen LogP contribution in [0.4, 0.5) is 0 Å². The van der Waals surface area contributed by atoms with Crippen LogP contribution in [-0.2, 0) is 4.79 Å². The van der Waals surface area contributed by atoms with Crippen LogP contribution in [0.3, 0.4) is 0 Å². The number of ketones is 1. The standard InChI is InChI=1S/C20H30O3/c1-17(2)7-4-8-18(3)14(17)6-10-19-9-5-13(15(22)16(18)19)20(23,11-19)12-21/h5,9,13-14,16,21,23H,4,6-8,10-12H2,1-3H3/t13-,14+,16-,18+,19+,20+/m0/s1. The summed E-state index contributed by atoms with van der Waals surface area (Å²) in [5.41, 5.74) is -1.14. The number of hydrogen-bond donors (Lipinski definition) is 2. The molecule has 0 heterocycles. The van der Waals surface area contributed by atoms with Crippen molar-refractivity contribution in [3.63, 3.8) is 0 Å². The molecule has 1 spiro atoms. The molecule has 3 heteroatoms. The number of rotatable bonds is 1. The topological polar surface area (TPSA) is 57.5 Å². The summed E-state index contributed by atoms with van der Waals surface area (Å²) >= 11 is 0. The van der Waals surface area contributed by atoms with Gasteiger partial charge in [-0.05, 0) is 48.9 Å². The lowest BCUT2D eigenvalue weighted by Crippen LogP contribution is -2.68. The molecule has 0 unspecified atom stereocenters. The Kier molecular flexibility index (Phi) is 3.09. The molecule has 5 rings (SSSR count). The molecule has 3 saturated carbocycles. The van der Waals surface area contributed by atoms with Gasteiger partial charge >= 0.3 is 0 Å². The van der Waals surface area contributed by atoms with Gasteiger partial charge < -0.3 is 10.2 Å². The first-order chi connectivity index (χ1) is 10.7. The lowest BCUT2D eigenvalue weighted by atomic mass is 9.37. The molecule has 128 valence electrons. The number of carbonyl (C=O) groups is 1. The van der Waals surface area contributed by atoms with Gasteiger partial charge in [-0.2, -0.15) is 0 Å². The van der Waals surface area contributed by atoms with E-state index in [9.17, 15) is 15.0 Å². The van der Waals surface area contributed by atoms with E-state index in [0.29, 0.717) is 17.8 Å². The van der Waals surface area contributed by atoms with Gasteiger partial charge in [0.15, 0.2) is 0 Å². The zero-order valence-electron chi connectivity index (χ0n) is 14.6. The van der Waals surface area contributed by atoms with Crippen LogP contribution in [-0.4, -0.2) is 28.2 Å². The highest BCUT2D eigenvalue weighted by molar-refractivity contribution is 5.91. The molecular formula is C20H30O3. The maximum Gasteiger partial charge on any atom is 0.147 e. The predicted octanol–water partition coefficient (Wildman–Crippen LogP) is 3.10. The van der Waals surface area contributed by atoms with E-state index in [0.717, 1.165) is 19.3 Å². The van der Waals surface area contributed by atoms with Crippen molar-refractivity contribution >= 4 is 5.78 Å². The fourth-order valence-electron chi connectivity index (χ4n) is 7.32. The van der Waals surface area contributed by atoms with Gasteiger partial charge in [0, 0.05) is 11.3 Å². The van der Waals surface area contributed by atoms with Gasteiger partial charge in [0.25, 0.3) is 0 Å². The molecule has 0 saturated heterocycles. The zero-order chi connectivity index (χ0) is 16.7. The van der Waals surface area contributed by atoms with Gasteiger partial charge in [-0.1, -0.05) is 39.3 Å². The normalized spacial score (nSPS) is 53.8. The average Bonchev–Trinajstić information content (AvgIpc) is 2.45. The number of fused-ring (bicyclic) bond motifs is 2. The van der Waals surface area contributed by atoms with Crippen molar-refractivity contribution in [1.82, 2.24) is 0 Å². The van der Waals surface area contributed by atoms with Gasteiger partial charge in [-0.3, -0.25) is 4.79 Å². The van der Waals surface area contributed by atoms with Crippen LogP contribution in [0.25, 0.3) is 0 Å². The minimum Gasteiger partial charge on any atom is -0.393 e. The lowest BCUT2D eigenvalue weighted by Gasteiger charge is -2.67. The molecule has 0 amide bonds. The minimum absolute atomic E-state index is 0.0233. The molecule has 3 fully saturated rings. The number of aliphatic hydroxyl groups is 2. The third kappa shape index (κ3) is 1.81. The number of allylic oxidation sites excluding steroid dienone is 1. The Morgan fingerprint density at radius 1 is 1.22 bits per heavy atom. The van der Waals surface area contributed by atoms with E-state index >= 15 is 0 Å². The molecule has 5 aliphatic rings. The fourth-order valence-corrected chi connectivity index (χ4v) is 7.32. The van der Waals surface area contributed by atoms with Crippen LogP contribution in [0.5, 0.6) is 0 Å². The van der Waals surface area contributed by atoms with E-state index in [1.165, 1.54) is 12.8 Å². The molecule has 6 atom stereocenters. The van der Waals surface area contributed by atoms with Gasteiger partial charge in [0.2, 0.25) is 0 Å². The van der Waals surface area contributed by atoms with Crippen LogP contribution in [0, 0.1) is 34.0 Å². The third-order valence-corrected chi connectivity index (χ3v) is 8.11. The van der Waals surface area contributed by atoms with E-state index in [2.05, 4.69) is 26.8 Å². The van der Waals surface area contributed by atoms with E-state index in [1.54, 1.807) is 0 Å². The van der Waals surface area contributed by atoms with E-state index in [1.807, 2.05) is 6.08 Å². The number of Topliss-reactive ketones (excluding diaryl/α,β-unsaturated/α-hetero) is 1. The average molecular weight is 318 g/mol. The van der Waals surface area contributed by atoms with Gasteiger partial charge in [0.1, 0.15) is 11.4 Å². The molecular weight excluding hydrogens is 288 g/mol.